The molecule has 106 valence electrons. The molecule has 0 aromatic heterocycles. The molecule has 19 heavy (non-hydrogen) atoms. The highest BCUT2D eigenvalue weighted by molar-refractivity contribution is 6.35. The molecule has 0 radical (unpaired) electrons. The Bertz CT molecular complexity index is 410. The van der Waals surface area contributed by atoms with Crippen molar-refractivity contribution in [3.63, 3.8) is 0 Å². The Hall–Kier alpha value is -0.770. The van der Waals surface area contributed by atoms with E-state index in [0.717, 1.165) is 31.2 Å². The van der Waals surface area contributed by atoms with E-state index in [1.54, 1.807) is 18.2 Å². The van der Waals surface area contributed by atoms with E-state index in [-0.39, 0.29) is 18.9 Å². The summed E-state index contributed by atoms with van der Waals surface area (Å²) < 4.78 is 0. The van der Waals surface area contributed by atoms with Crippen LogP contribution in [0.25, 0.3) is 0 Å². The van der Waals surface area contributed by atoms with Gasteiger partial charge in [-0.3, -0.25) is 4.79 Å². The minimum atomic E-state index is -0.0358. The average Bonchev–Trinajstić information content (AvgIpc) is 2.37. The Morgan fingerprint density at radius 2 is 1.89 bits per heavy atom. The maximum atomic E-state index is 11.7. The van der Waals surface area contributed by atoms with Gasteiger partial charge in [0.25, 0.3) is 0 Å². The van der Waals surface area contributed by atoms with Crippen LogP contribution in [0.4, 0.5) is 0 Å². The van der Waals surface area contributed by atoms with Crippen molar-refractivity contribution in [2.75, 3.05) is 13.2 Å². The fourth-order valence-electron chi connectivity index (χ4n) is 1.72. The molecule has 0 aliphatic heterocycles. The Morgan fingerprint density at radius 3 is 2.58 bits per heavy atom. The van der Waals surface area contributed by atoms with Gasteiger partial charge in [0, 0.05) is 23.2 Å². The van der Waals surface area contributed by atoms with Crippen LogP contribution in [0.3, 0.4) is 0 Å². The van der Waals surface area contributed by atoms with Gasteiger partial charge in [-0.05, 0) is 30.5 Å². The first-order chi connectivity index (χ1) is 9.13. The molecular weight excluding hydrogens is 285 g/mol. The molecule has 0 unspecified atom stereocenters. The molecule has 0 atom stereocenters. The second kappa shape index (κ2) is 9.18. The first-order valence-corrected chi connectivity index (χ1v) is 7.20. The number of aliphatic hydroxyl groups excluding tert-OH is 1. The summed E-state index contributed by atoms with van der Waals surface area (Å²) >= 11 is 11.8. The van der Waals surface area contributed by atoms with Gasteiger partial charge in [0.05, 0.1) is 6.42 Å². The fraction of sp³-hybridized carbons (Fsp3) is 0.500. The van der Waals surface area contributed by atoms with E-state index in [1.165, 1.54) is 0 Å². The number of benzene rings is 1. The zero-order valence-electron chi connectivity index (χ0n) is 10.8. The lowest BCUT2D eigenvalue weighted by Gasteiger charge is -2.07. The van der Waals surface area contributed by atoms with E-state index in [1.807, 2.05) is 0 Å². The fourth-order valence-corrected chi connectivity index (χ4v) is 2.19. The van der Waals surface area contributed by atoms with Gasteiger partial charge in [-0.1, -0.05) is 42.1 Å². The highest BCUT2D eigenvalue weighted by atomic mass is 35.5. The summed E-state index contributed by atoms with van der Waals surface area (Å²) in [5.41, 5.74) is 0.781. The Morgan fingerprint density at radius 1 is 1.16 bits per heavy atom. The largest absolute Gasteiger partial charge is 0.396 e. The number of nitrogens with one attached hydrogen (secondary N) is 1. The summed E-state index contributed by atoms with van der Waals surface area (Å²) in [6.45, 7) is 0.900. The molecule has 0 spiro atoms. The molecule has 0 fully saturated rings. The number of carbonyl (C=O) groups is 1. The molecule has 2 N–H and O–H groups in total. The number of hydrogen-bond acceptors (Lipinski definition) is 2. The van der Waals surface area contributed by atoms with Gasteiger partial charge in [0.15, 0.2) is 0 Å². The number of amides is 1. The number of aliphatic hydroxyl groups is 1. The van der Waals surface area contributed by atoms with Crippen LogP contribution in [0.15, 0.2) is 18.2 Å². The lowest BCUT2D eigenvalue weighted by Crippen LogP contribution is -2.26. The molecule has 0 saturated carbocycles. The van der Waals surface area contributed by atoms with Crippen molar-refractivity contribution < 1.29 is 9.90 Å². The van der Waals surface area contributed by atoms with E-state index in [4.69, 9.17) is 28.3 Å². The first-order valence-electron chi connectivity index (χ1n) is 6.45. The van der Waals surface area contributed by atoms with Gasteiger partial charge in [-0.15, -0.1) is 0 Å². The highest BCUT2D eigenvalue weighted by Gasteiger charge is 2.07. The van der Waals surface area contributed by atoms with Crippen LogP contribution < -0.4 is 5.32 Å². The second-order valence-electron chi connectivity index (χ2n) is 4.40. The number of halogens is 2. The van der Waals surface area contributed by atoms with Gasteiger partial charge in [0.1, 0.15) is 0 Å². The molecule has 1 rings (SSSR count). The molecule has 1 aromatic carbocycles. The molecule has 1 amide bonds. The molecule has 5 heteroatoms. The van der Waals surface area contributed by atoms with Gasteiger partial charge >= 0.3 is 0 Å². The number of carbonyl (C=O) groups excluding carboxylic acids is 1. The lowest BCUT2D eigenvalue weighted by molar-refractivity contribution is -0.120. The summed E-state index contributed by atoms with van der Waals surface area (Å²) in [6.07, 6.45) is 4.04. The van der Waals surface area contributed by atoms with Crippen LogP contribution in [0.2, 0.25) is 10.0 Å². The van der Waals surface area contributed by atoms with E-state index < -0.39 is 0 Å². The van der Waals surface area contributed by atoms with Crippen LogP contribution in [0.5, 0.6) is 0 Å². The van der Waals surface area contributed by atoms with Crippen molar-refractivity contribution in [3.8, 4) is 0 Å². The Kier molecular flexibility index (Phi) is 7.87. The first kappa shape index (κ1) is 16.3. The van der Waals surface area contributed by atoms with Crippen LogP contribution in [0.1, 0.15) is 31.2 Å². The van der Waals surface area contributed by atoms with E-state index in [9.17, 15) is 4.79 Å². The van der Waals surface area contributed by atoms with Crippen LogP contribution in [0, 0.1) is 0 Å². The van der Waals surface area contributed by atoms with Crippen LogP contribution >= 0.6 is 23.2 Å². The number of unbranched alkanes of at least 4 members (excludes halogenated alkanes) is 3. The molecule has 3 nitrogen and oxygen atoms in total. The highest BCUT2D eigenvalue weighted by Crippen LogP contribution is 2.21. The van der Waals surface area contributed by atoms with Crippen molar-refractivity contribution in [1.82, 2.24) is 5.32 Å². The summed E-state index contributed by atoms with van der Waals surface area (Å²) in [5.74, 6) is -0.0358. The van der Waals surface area contributed by atoms with E-state index in [0.29, 0.717) is 16.6 Å². The third-order valence-electron chi connectivity index (χ3n) is 2.77. The van der Waals surface area contributed by atoms with E-state index in [2.05, 4.69) is 5.32 Å². The summed E-state index contributed by atoms with van der Waals surface area (Å²) in [5, 5.41) is 12.6. The van der Waals surface area contributed by atoms with Gasteiger partial charge < -0.3 is 10.4 Å². The maximum absolute atomic E-state index is 11.7. The smallest absolute Gasteiger partial charge is 0.224 e. The lowest BCUT2D eigenvalue weighted by atomic mass is 10.1. The average molecular weight is 304 g/mol. The van der Waals surface area contributed by atoms with Gasteiger partial charge in [-0.2, -0.15) is 0 Å². The Balaban J connectivity index is 2.23. The van der Waals surface area contributed by atoms with Crippen molar-refractivity contribution in [2.24, 2.45) is 0 Å². The Labute approximate surface area is 123 Å². The zero-order chi connectivity index (χ0) is 14.1. The summed E-state index contributed by atoms with van der Waals surface area (Å²) in [4.78, 5) is 11.7. The standard InChI is InChI=1S/C14H19Cl2NO2/c15-12-6-5-11(13(16)10-12)9-14(19)17-7-3-1-2-4-8-18/h5-6,10,18H,1-4,7-9H2,(H,17,19). The molecular formula is C14H19Cl2NO2. The second-order valence-corrected chi connectivity index (χ2v) is 5.24. The van der Waals surface area contributed by atoms with Crippen molar-refractivity contribution in [2.45, 2.75) is 32.1 Å². The molecule has 0 aliphatic carbocycles. The third-order valence-corrected chi connectivity index (χ3v) is 3.36. The third kappa shape index (κ3) is 6.81. The number of hydrogen-bond donors (Lipinski definition) is 2. The van der Waals surface area contributed by atoms with Crippen LogP contribution in [-0.2, 0) is 11.2 Å². The molecule has 0 aliphatic rings. The zero-order valence-corrected chi connectivity index (χ0v) is 12.3. The maximum Gasteiger partial charge on any atom is 0.224 e. The van der Waals surface area contributed by atoms with E-state index >= 15 is 0 Å². The van der Waals surface area contributed by atoms with Crippen molar-refractivity contribution >= 4 is 29.1 Å². The predicted molar refractivity (Wildman–Crippen MR) is 78.7 cm³/mol. The molecule has 0 heterocycles. The SMILES string of the molecule is O=C(Cc1ccc(Cl)cc1Cl)NCCCCCCO. The summed E-state index contributed by atoms with van der Waals surface area (Å²) in [6, 6.07) is 5.14. The summed E-state index contributed by atoms with van der Waals surface area (Å²) in [7, 11) is 0. The quantitative estimate of drug-likeness (QED) is 0.725. The predicted octanol–water partition coefficient (Wildman–Crippen LogP) is 3.20. The molecule has 0 bridgehead atoms. The minimum absolute atomic E-state index is 0.0358. The minimum Gasteiger partial charge on any atom is -0.396 e. The monoisotopic (exact) mass is 303 g/mol. The molecule has 0 saturated heterocycles. The normalized spacial score (nSPS) is 10.5. The number of rotatable bonds is 8. The van der Waals surface area contributed by atoms with Crippen molar-refractivity contribution in [3.05, 3.63) is 33.8 Å². The van der Waals surface area contributed by atoms with Gasteiger partial charge in [0.2, 0.25) is 5.91 Å². The van der Waals surface area contributed by atoms with Crippen LogP contribution in [-0.4, -0.2) is 24.2 Å². The van der Waals surface area contributed by atoms with Gasteiger partial charge in [-0.25, -0.2) is 0 Å². The van der Waals surface area contributed by atoms with Crippen molar-refractivity contribution in [1.29, 1.82) is 0 Å². The molecule has 1 aromatic rings. The topological polar surface area (TPSA) is 49.3 Å².